The first-order valence-electron chi connectivity index (χ1n) is 7.77. The van der Waals surface area contributed by atoms with Gasteiger partial charge in [-0.1, -0.05) is 0 Å². The van der Waals surface area contributed by atoms with Gasteiger partial charge in [0.15, 0.2) is 0 Å². The summed E-state index contributed by atoms with van der Waals surface area (Å²) in [7, 11) is -0.305. The molecule has 3 rings (SSSR count). The molecule has 0 bridgehead atoms. The number of rotatable bonds is 5. The first-order valence-corrected chi connectivity index (χ1v) is 10.0. The second-order valence-corrected chi connectivity index (χ2v) is 9.15. The van der Waals surface area contributed by atoms with E-state index >= 15 is 0 Å². The topological polar surface area (TPSA) is 55.8 Å². The lowest BCUT2D eigenvalue weighted by Gasteiger charge is -2.25. The van der Waals surface area contributed by atoms with E-state index in [1.165, 1.54) is 11.3 Å². The van der Waals surface area contributed by atoms with Crippen molar-refractivity contribution in [3.8, 4) is 11.5 Å². The molecule has 1 atom stereocenters. The summed E-state index contributed by atoms with van der Waals surface area (Å²) in [6.45, 7) is 2.43. The molecule has 1 aliphatic rings. The van der Waals surface area contributed by atoms with Gasteiger partial charge >= 0.3 is 0 Å². The smallest absolute Gasteiger partial charge is 0.253 e. The quantitative estimate of drug-likeness (QED) is 0.810. The highest BCUT2D eigenvalue weighted by Crippen LogP contribution is 2.42. The van der Waals surface area contributed by atoms with Crippen molar-refractivity contribution in [3.05, 3.63) is 40.8 Å². The lowest BCUT2D eigenvalue weighted by atomic mass is 10.0. The number of hydrogen-bond donors (Lipinski definition) is 0. The van der Waals surface area contributed by atoms with E-state index < -0.39 is 10.0 Å². The maximum absolute atomic E-state index is 13.0. The summed E-state index contributed by atoms with van der Waals surface area (Å²) in [5.41, 5.74) is 0.853. The Hall–Kier alpha value is -1.57. The number of sulfonamides is 1. The van der Waals surface area contributed by atoms with Crippen LogP contribution in [0, 0.1) is 6.92 Å². The molecular formula is C17H21NO4S2. The standard InChI is InChI=1S/C17H21NO4S2/c1-12-6-9-17(23-12)24(19,20)18-10-4-5-15(18)14-11-13(21-2)7-8-16(14)22-3/h6-9,11,15H,4-5,10H2,1-3H3. The molecule has 5 nitrogen and oxygen atoms in total. The Morgan fingerprint density at radius 3 is 2.58 bits per heavy atom. The van der Waals surface area contributed by atoms with Gasteiger partial charge in [-0.3, -0.25) is 0 Å². The van der Waals surface area contributed by atoms with Gasteiger partial charge in [0, 0.05) is 17.0 Å². The second kappa shape index (κ2) is 6.74. The zero-order valence-corrected chi connectivity index (χ0v) is 15.6. The molecule has 1 unspecified atom stereocenters. The minimum Gasteiger partial charge on any atom is -0.497 e. The number of hydrogen-bond acceptors (Lipinski definition) is 5. The van der Waals surface area contributed by atoms with Crippen molar-refractivity contribution in [2.45, 2.75) is 30.0 Å². The summed E-state index contributed by atoms with van der Waals surface area (Å²) in [4.78, 5) is 0.989. The minimum atomic E-state index is -3.50. The molecule has 0 saturated carbocycles. The number of benzene rings is 1. The molecule has 0 amide bonds. The lowest BCUT2D eigenvalue weighted by molar-refractivity contribution is 0.362. The van der Waals surface area contributed by atoms with Gasteiger partial charge < -0.3 is 9.47 Å². The molecular weight excluding hydrogens is 346 g/mol. The highest BCUT2D eigenvalue weighted by molar-refractivity contribution is 7.91. The third-order valence-electron chi connectivity index (χ3n) is 4.28. The van der Waals surface area contributed by atoms with E-state index in [0.29, 0.717) is 22.3 Å². The predicted molar refractivity (Wildman–Crippen MR) is 94.5 cm³/mol. The third-order valence-corrected chi connectivity index (χ3v) is 7.65. The summed E-state index contributed by atoms with van der Waals surface area (Å²) in [6.07, 6.45) is 1.60. The van der Waals surface area contributed by atoms with Crippen LogP contribution >= 0.6 is 11.3 Å². The maximum atomic E-state index is 13.0. The molecule has 2 heterocycles. The van der Waals surface area contributed by atoms with Crippen LogP contribution < -0.4 is 9.47 Å². The number of ether oxygens (including phenoxy) is 2. The summed E-state index contributed by atoms with van der Waals surface area (Å²) in [6, 6.07) is 8.81. The first kappa shape index (κ1) is 17.3. The Balaban J connectivity index is 2.02. The van der Waals surface area contributed by atoms with E-state index in [4.69, 9.17) is 9.47 Å². The molecule has 1 aromatic heterocycles. The zero-order valence-electron chi connectivity index (χ0n) is 14.0. The molecule has 1 fully saturated rings. The van der Waals surface area contributed by atoms with Crippen molar-refractivity contribution < 1.29 is 17.9 Å². The van der Waals surface area contributed by atoms with Crippen LogP contribution in [0.25, 0.3) is 0 Å². The SMILES string of the molecule is COc1ccc(OC)c(C2CCCN2S(=O)(=O)c2ccc(C)s2)c1. The van der Waals surface area contributed by atoms with Gasteiger partial charge in [-0.25, -0.2) is 8.42 Å². The van der Waals surface area contributed by atoms with Crippen LogP contribution in [0.15, 0.2) is 34.5 Å². The molecule has 7 heteroatoms. The molecule has 1 aromatic carbocycles. The van der Waals surface area contributed by atoms with Gasteiger partial charge in [0.1, 0.15) is 15.7 Å². The molecule has 24 heavy (non-hydrogen) atoms. The van der Waals surface area contributed by atoms with Crippen LogP contribution in [0.2, 0.25) is 0 Å². The molecule has 1 saturated heterocycles. The van der Waals surface area contributed by atoms with Crippen molar-refractivity contribution >= 4 is 21.4 Å². The van der Waals surface area contributed by atoms with Gasteiger partial charge in [0.2, 0.25) is 0 Å². The Labute approximate surface area is 146 Å². The average molecular weight is 367 g/mol. The normalized spacial score (nSPS) is 18.7. The van der Waals surface area contributed by atoms with E-state index in [2.05, 4.69) is 0 Å². The average Bonchev–Trinajstić information content (AvgIpc) is 3.23. The van der Waals surface area contributed by atoms with Gasteiger partial charge in [0.05, 0.1) is 20.3 Å². The van der Waals surface area contributed by atoms with Crippen molar-refractivity contribution in [2.24, 2.45) is 0 Å². The van der Waals surface area contributed by atoms with Crippen molar-refractivity contribution in [1.29, 1.82) is 0 Å². The Kier molecular flexibility index (Phi) is 4.85. The van der Waals surface area contributed by atoms with Crippen molar-refractivity contribution in [2.75, 3.05) is 20.8 Å². The number of methoxy groups -OCH3 is 2. The monoisotopic (exact) mass is 367 g/mol. The molecule has 2 aromatic rings. The van der Waals surface area contributed by atoms with Crippen molar-refractivity contribution in [1.82, 2.24) is 4.31 Å². The van der Waals surface area contributed by atoms with E-state index in [9.17, 15) is 8.42 Å². The van der Waals surface area contributed by atoms with Gasteiger partial charge in [-0.05, 0) is 50.1 Å². The molecule has 0 spiro atoms. The van der Waals surface area contributed by atoms with Gasteiger partial charge in [-0.15, -0.1) is 11.3 Å². The minimum absolute atomic E-state index is 0.234. The maximum Gasteiger partial charge on any atom is 0.253 e. The third kappa shape index (κ3) is 3.03. The Bertz CT molecular complexity index is 829. The van der Waals surface area contributed by atoms with Crippen LogP contribution in [0.1, 0.15) is 29.3 Å². The van der Waals surface area contributed by atoms with Crippen LogP contribution in [-0.4, -0.2) is 33.5 Å². The molecule has 0 aliphatic carbocycles. The van der Waals surface area contributed by atoms with Gasteiger partial charge in [0.25, 0.3) is 10.0 Å². The molecule has 0 N–H and O–H groups in total. The first-order chi connectivity index (χ1) is 11.5. The number of aryl methyl sites for hydroxylation is 1. The van der Waals surface area contributed by atoms with Gasteiger partial charge in [-0.2, -0.15) is 4.31 Å². The number of thiophene rings is 1. The summed E-state index contributed by atoms with van der Waals surface area (Å²) >= 11 is 1.31. The van der Waals surface area contributed by atoms with Crippen LogP contribution in [-0.2, 0) is 10.0 Å². The van der Waals surface area contributed by atoms with Crippen LogP contribution in [0.3, 0.4) is 0 Å². The largest absolute Gasteiger partial charge is 0.497 e. The highest BCUT2D eigenvalue weighted by Gasteiger charge is 2.38. The van der Waals surface area contributed by atoms with E-state index in [1.807, 2.05) is 31.2 Å². The van der Waals surface area contributed by atoms with Crippen LogP contribution in [0.5, 0.6) is 11.5 Å². The fourth-order valence-electron chi connectivity index (χ4n) is 3.10. The fraction of sp³-hybridized carbons (Fsp3) is 0.412. The lowest BCUT2D eigenvalue weighted by Crippen LogP contribution is -2.30. The van der Waals surface area contributed by atoms with Crippen molar-refractivity contribution in [3.63, 3.8) is 0 Å². The van der Waals surface area contributed by atoms with E-state index in [1.54, 1.807) is 24.6 Å². The predicted octanol–water partition coefficient (Wildman–Crippen LogP) is 3.60. The zero-order chi connectivity index (χ0) is 17.3. The molecule has 0 radical (unpaired) electrons. The van der Waals surface area contributed by atoms with E-state index in [-0.39, 0.29) is 6.04 Å². The fourth-order valence-corrected chi connectivity index (χ4v) is 6.19. The summed E-state index contributed by atoms with van der Waals surface area (Å²) in [5.74, 6) is 1.38. The molecule has 130 valence electrons. The van der Waals surface area contributed by atoms with E-state index in [0.717, 1.165) is 23.3 Å². The Morgan fingerprint density at radius 2 is 1.96 bits per heavy atom. The molecule has 1 aliphatic heterocycles. The highest BCUT2D eigenvalue weighted by atomic mass is 32.2. The summed E-state index contributed by atoms with van der Waals surface area (Å²) in [5, 5.41) is 0. The number of nitrogens with zero attached hydrogens (tertiary/aromatic N) is 1. The second-order valence-electron chi connectivity index (χ2n) is 5.75. The van der Waals surface area contributed by atoms with Crippen LogP contribution in [0.4, 0.5) is 0 Å². The summed E-state index contributed by atoms with van der Waals surface area (Å²) < 4.78 is 38.8. The Morgan fingerprint density at radius 1 is 1.17 bits per heavy atom.